The van der Waals surface area contributed by atoms with Gasteiger partial charge in [0.25, 0.3) is 0 Å². The van der Waals surface area contributed by atoms with Gasteiger partial charge in [-0.1, -0.05) is 40.3 Å². The zero-order valence-corrected chi connectivity index (χ0v) is 21.1. The van der Waals surface area contributed by atoms with E-state index in [4.69, 9.17) is 0 Å². The molecule has 0 aliphatic heterocycles. The minimum Gasteiger partial charge on any atom is -0.212 e. The Morgan fingerprint density at radius 1 is 1.21 bits per heavy atom. The highest BCUT2D eigenvalue weighted by Gasteiger charge is 2.54. The molecule has 0 aromatic heterocycles. The zero-order valence-electron chi connectivity index (χ0n) is 20.2. The summed E-state index contributed by atoms with van der Waals surface area (Å²) in [6.07, 6.45) is 4.73. The lowest BCUT2D eigenvalue weighted by Gasteiger charge is -2.44. The first-order valence-electron chi connectivity index (χ1n) is 11.5. The van der Waals surface area contributed by atoms with Crippen LogP contribution in [-0.4, -0.2) is 38.1 Å². The van der Waals surface area contributed by atoms with Crippen molar-refractivity contribution < 1.29 is 17.2 Å². The second kappa shape index (κ2) is 9.37. The van der Waals surface area contributed by atoms with Crippen LogP contribution in [0.2, 0.25) is 0 Å². The summed E-state index contributed by atoms with van der Waals surface area (Å²) in [4.78, 5) is 0. The van der Waals surface area contributed by atoms with E-state index in [1.165, 1.54) is 25.2 Å². The first-order chi connectivity index (χ1) is 15.4. The van der Waals surface area contributed by atoms with Gasteiger partial charge in [-0.2, -0.15) is 10.2 Å². The van der Waals surface area contributed by atoms with Gasteiger partial charge in [0.1, 0.15) is 11.6 Å². The van der Waals surface area contributed by atoms with Crippen molar-refractivity contribution in [3.05, 3.63) is 53.6 Å². The highest BCUT2D eigenvalue weighted by Crippen LogP contribution is 2.59. The average molecular weight is 480 g/mol. The molecule has 0 N–H and O–H groups in total. The van der Waals surface area contributed by atoms with Gasteiger partial charge >= 0.3 is 0 Å². The highest BCUT2D eigenvalue weighted by molar-refractivity contribution is 7.90. The van der Waals surface area contributed by atoms with Crippen LogP contribution in [0.3, 0.4) is 0 Å². The molecule has 0 heterocycles. The van der Waals surface area contributed by atoms with Crippen LogP contribution >= 0.6 is 0 Å². The van der Waals surface area contributed by atoms with E-state index in [0.29, 0.717) is 18.7 Å². The minimum atomic E-state index is -3.28. The lowest BCUT2D eigenvalue weighted by Crippen LogP contribution is -2.47. The molecule has 3 rings (SSSR count). The fraction of sp³-hybridized carbons (Fsp3) is 0.600. The van der Waals surface area contributed by atoms with Gasteiger partial charge in [-0.3, -0.25) is 0 Å². The first kappa shape index (κ1) is 25.7. The number of halogens is 2. The Morgan fingerprint density at radius 3 is 2.33 bits per heavy atom. The lowest BCUT2D eigenvalue weighted by atomic mass is 9.64. The monoisotopic (exact) mass is 479 g/mol. The van der Waals surface area contributed by atoms with Crippen LogP contribution in [0.15, 0.2) is 46.7 Å². The molecule has 2 aliphatic rings. The van der Waals surface area contributed by atoms with Crippen LogP contribution in [0.1, 0.15) is 58.9 Å². The molecule has 8 heteroatoms. The van der Waals surface area contributed by atoms with E-state index in [1.807, 2.05) is 6.92 Å². The van der Waals surface area contributed by atoms with Gasteiger partial charge in [0.05, 0.1) is 16.5 Å². The maximum Gasteiger partial charge on any atom is 0.216 e. The number of hydrogen-bond donors (Lipinski definition) is 0. The number of sulfonamides is 1. The number of hydrogen-bond acceptors (Lipinski definition) is 4. The molecule has 33 heavy (non-hydrogen) atoms. The van der Waals surface area contributed by atoms with Gasteiger partial charge in [-0.05, 0) is 66.2 Å². The van der Waals surface area contributed by atoms with Gasteiger partial charge in [-0.15, -0.1) is 0 Å². The summed E-state index contributed by atoms with van der Waals surface area (Å²) in [5, 5.41) is 7.50. The van der Waals surface area contributed by atoms with Crippen molar-refractivity contribution in [1.82, 2.24) is 4.31 Å². The molecule has 0 saturated heterocycles. The molecule has 0 bridgehead atoms. The van der Waals surface area contributed by atoms with E-state index in [0.717, 1.165) is 25.7 Å². The number of nitrogens with zero attached hydrogens (tertiary/aromatic N) is 3. The highest BCUT2D eigenvalue weighted by atomic mass is 32.2. The third-order valence-corrected chi connectivity index (χ3v) is 10.2. The second-order valence-electron chi connectivity index (χ2n) is 10.0. The summed E-state index contributed by atoms with van der Waals surface area (Å²) in [5.41, 5.74) is 0.00334. The molecule has 0 radical (unpaired) electrons. The summed E-state index contributed by atoms with van der Waals surface area (Å²) in [6.45, 7) is 13.4. The van der Waals surface area contributed by atoms with E-state index in [-0.39, 0.29) is 33.3 Å². The Hall–Kier alpha value is -1.93. The van der Waals surface area contributed by atoms with Crippen molar-refractivity contribution in [2.45, 2.75) is 58.6 Å². The van der Waals surface area contributed by atoms with Gasteiger partial charge in [-0.25, -0.2) is 21.5 Å². The van der Waals surface area contributed by atoms with Crippen LogP contribution in [0, 0.1) is 28.4 Å². The average Bonchev–Trinajstić information content (AvgIpc) is 3.54. The third kappa shape index (κ3) is 4.83. The molecular weight excluding hydrogens is 444 g/mol. The van der Waals surface area contributed by atoms with E-state index >= 15 is 0 Å². The Bertz CT molecular complexity index is 1060. The molecule has 2 saturated carbocycles. The third-order valence-electron chi connectivity index (χ3n) is 7.79. The molecule has 0 spiro atoms. The van der Waals surface area contributed by atoms with Gasteiger partial charge < -0.3 is 0 Å². The second-order valence-corrected chi connectivity index (χ2v) is 12.3. The first-order valence-corrected chi connectivity index (χ1v) is 13.0. The van der Waals surface area contributed by atoms with Crippen molar-refractivity contribution in [3.8, 4) is 0 Å². The van der Waals surface area contributed by atoms with Gasteiger partial charge in [0.15, 0.2) is 0 Å². The van der Waals surface area contributed by atoms with Crippen molar-refractivity contribution in [3.63, 3.8) is 0 Å². The molecule has 2 fully saturated rings. The molecule has 2 aliphatic carbocycles. The molecule has 5 nitrogen and oxygen atoms in total. The SMILES string of the molecule is C=C(/C=C(\N=N/C)c1c(F)cccc1F)C1CCC(C)(CN(CC)S(=O)(=O)C2CC2)C1(C)C. The molecule has 2 unspecified atom stereocenters. The standard InChI is InChI=1S/C25H35F2N3O2S/c1-7-30(33(31,32)18-11-12-18)16-25(5)14-13-19(24(25,3)4)17(2)15-22(29-28-6)23-20(26)9-8-10-21(23)27/h8-10,15,18-19H,2,7,11-14,16H2,1,3-6H3/b22-15-,29-28-. The quantitative estimate of drug-likeness (QED) is 0.313. The number of azo groups is 1. The van der Waals surface area contributed by atoms with Crippen LogP contribution in [0.5, 0.6) is 0 Å². The number of benzene rings is 1. The Kier molecular flexibility index (Phi) is 7.30. The summed E-state index contributed by atoms with van der Waals surface area (Å²) in [5.74, 6) is -1.41. The Balaban J connectivity index is 1.90. The fourth-order valence-corrected chi connectivity index (χ4v) is 7.10. The van der Waals surface area contributed by atoms with Gasteiger partial charge in [0.2, 0.25) is 10.0 Å². The molecular formula is C25H35F2N3O2S. The van der Waals surface area contributed by atoms with Crippen LogP contribution in [-0.2, 0) is 10.0 Å². The zero-order chi connectivity index (χ0) is 24.6. The predicted octanol–water partition coefficient (Wildman–Crippen LogP) is 6.20. The molecule has 2 atom stereocenters. The van der Waals surface area contributed by atoms with Crippen LogP contribution < -0.4 is 0 Å². The van der Waals surface area contributed by atoms with Crippen molar-refractivity contribution in [2.75, 3.05) is 20.1 Å². The summed E-state index contributed by atoms with van der Waals surface area (Å²) < 4.78 is 56.3. The van der Waals surface area contributed by atoms with Crippen molar-refractivity contribution in [1.29, 1.82) is 0 Å². The van der Waals surface area contributed by atoms with E-state index < -0.39 is 21.7 Å². The molecule has 1 aromatic rings. The van der Waals surface area contributed by atoms with Gasteiger partial charge in [0, 0.05) is 20.1 Å². The minimum absolute atomic E-state index is 0.00160. The van der Waals surface area contributed by atoms with E-state index in [2.05, 4.69) is 37.6 Å². The van der Waals surface area contributed by atoms with E-state index in [9.17, 15) is 17.2 Å². The summed E-state index contributed by atoms with van der Waals surface area (Å²) in [7, 11) is -1.83. The lowest BCUT2D eigenvalue weighted by molar-refractivity contribution is 0.0802. The normalized spacial score (nSPS) is 25.8. The predicted molar refractivity (Wildman–Crippen MR) is 128 cm³/mol. The topological polar surface area (TPSA) is 62.1 Å². The smallest absolute Gasteiger partial charge is 0.212 e. The van der Waals surface area contributed by atoms with E-state index in [1.54, 1.807) is 10.4 Å². The number of allylic oxidation sites excluding steroid dienone is 2. The Labute approximate surface area is 196 Å². The Morgan fingerprint density at radius 2 is 1.82 bits per heavy atom. The summed E-state index contributed by atoms with van der Waals surface area (Å²) >= 11 is 0. The molecule has 182 valence electrons. The maximum atomic E-state index is 14.4. The molecule has 1 aromatic carbocycles. The van der Waals surface area contributed by atoms with Crippen molar-refractivity contribution >= 4 is 15.7 Å². The maximum absolute atomic E-state index is 14.4. The largest absolute Gasteiger partial charge is 0.216 e. The summed E-state index contributed by atoms with van der Waals surface area (Å²) in [6, 6.07) is 3.69. The number of rotatable bonds is 9. The van der Waals surface area contributed by atoms with Crippen molar-refractivity contribution in [2.24, 2.45) is 27.0 Å². The molecule has 0 amide bonds. The fourth-order valence-electron chi connectivity index (χ4n) is 5.12. The van der Waals surface area contributed by atoms with Crippen LogP contribution in [0.4, 0.5) is 8.78 Å². The van der Waals surface area contributed by atoms with Crippen LogP contribution in [0.25, 0.3) is 5.70 Å².